The second-order valence-electron chi connectivity index (χ2n) is 4.67. The summed E-state index contributed by atoms with van der Waals surface area (Å²) in [6, 6.07) is 19.8. The van der Waals surface area contributed by atoms with Crippen LogP contribution in [0.25, 0.3) is 0 Å². The number of halogens is 1. The Bertz CT molecular complexity index is 527. The summed E-state index contributed by atoms with van der Waals surface area (Å²) in [6.07, 6.45) is 1.24. The van der Waals surface area contributed by atoms with Crippen molar-refractivity contribution in [3.63, 3.8) is 0 Å². The minimum Gasteiger partial charge on any atom is -0.354 e. The van der Waals surface area contributed by atoms with Gasteiger partial charge in [0.2, 0.25) is 5.91 Å². The number of carbonyl (C=O) groups is 1. The fourth-order valence-corrected chi connectivity index (χ4v) is 2.20. The van der Waals surface area contributed by atoms with Gasteiger partial charge in [0, 0.05) is 13.0 Å². The van der Waals surface area contributed by atoms with Gasteiger partial charge in [-0.05, 0) is 17.5 Å². The molecule has 2 aromatic carbocycles. The van der Waals surface area contributed by atoms with E-state index in [4.69, 9.17) is 11.6 Å². The molecule has 104 valence electrons. The van der Waals surface area contributed by atoms with Crippen molar-refractivity contribution in [3.8, 4) is 0 Å². The normalized spacial score (nSPS) is 11.8. The molecule has 0 aliphatic heterocycles. The Balaban J connectivity index is 1.73. The third-order valence-corrected chi connectivity index (χ3v) is 3.53. The second kappa shape index (κ2) is 7.71. The molecule has 0 aliphatic rings. The zero-order valence-corrected chi connectivity index (χ0v) is 12.0. The maximum atomic E-state index is 11.8. The summed E-state index contributed by atoms with van der Waals surface area (Å²) in [5.74, 6) is 0.0374. The van der Waals surface area contributed by atoms with Crippen LogP contribution in [0.1, 0.15) is 22.9 Å². The first-order chi connectivity index (χ1) is 9.75. The molecule has 0 radical (unpaired) electrons. The zero-order valence-electron chi connectivity index (χ0n) is 11.3. The monoisotopic (exact) mass is 287 g/mol. The molecule has 2 aromatic rings. The third-order valence-electron chi connectivity index (χ3n) is 3.12. The molecular weight excluding hydrogens is 270 g/mol. The van der Waals surface area contributed by atoms with E-state index in [1.807, 2.05) is 60.7 Å². The van der Waals surface area contributed by atoms with Gasteiger partial charge in [0.15, 0.2) is 0 Å². The van der Waals surface area contributed by atoms with Gasteiger partial charge in [0.05, 0.1) is 5.38 Å². The molecule has 3 heteroatoms. The molecule has 0 saturated heterocycles. The van der Waals surface area contributed by atoms with Crippen LogP contribution in [-0.2, 0) is 11.2 Å². The largest absolute Gasteiger partial charge is 0.354 e. The molecule has 0 bridgehead atoms. The quantitative estimate of drug-likeness (QED) is 0.806. The Morgan fingerprint density at radius 2 is 1.60 bits per heavy atom. The van der Waals surface area contributed by atoms with E-state index >= 15 is 0 Å². The average molecular weight is 288 g/mol. The van der Waals surface area contributed by atoms with E-state index in [-0.39, 0.29) is 11.3 Å². The van der Waals surface area contributed by atoms with E-state index < -0.39 is 0 Å². The molecule has 0 fully saturated rings. The lowest BCUT2D eigenvalue weighted by Crippen LogP contribution is -2.27. The number of aryl methyl sites for hydroxylation is 1. The molecule has 20 heavy (non-hydrogen) atoms. The number of hydrogen-bond acceptors (Lipinski definition) is 1. The van der Waals surface area contributed by atoms with Crippen LogP contribution in [0.2, 0.25) is 0 Å². The van der Waals surface area contributed by atoms with Crippen LogP contribution < -0.4 is 5.32 Å². The minimum absolute atomic E-state index is 0.0374. The molecule has 0 heterocycles. The van der Waals surface area contributed by atoms with Crippen molar-refractivity contribution in [3.05, 3.63) is 71.8 Å². The van der Waals surface area contributed by atoms with Gasteiger partial charge in [0.1, 0.15) is 0 Å². The van der Waals surface area contributed by atoms with Crippen LogP contribution in [0.3, 0.4) is 0 Å². The van der Waals surface area contributed by atoms with Crippen LogP contribution >= 0.6 is 11.6 Å². The van der Waals surface area contributed by atoms with Gasteiger partial charge in [-0.1, -0.05) is 60.7 Å². The van der Waals surface area contributed by atoms with Crippen molar-refractivity contribution in [1.82, 2.24) is 5.32 Å². The highest BCUT2D eigenvalue weighted by molar-refractivity contribution is 6.21. The van der Waals surface area contributed by atoms with Crippen molar-refractivity contribution in [2.45, 2.75) is 18.2 Å². The minimum atomic E-state index is -0.183. The van der Waals surface area contributed by atoms with Gasteiger partial charge >= 0.3 is 0 Å². The maximum absolute atomic E-state index is 11.8. The Morgan fingerprint density at radius 1 is 1.00 bits per heavy atom. The molecule has 1 unspecified atom stereocenters. The van der Waals surface area contributed by atoms with Crippen LogP contribution in [0, 0.1) is 0 Å². The van der Waals surface area contributed by atoms with E-state index in [9.17, 15) is 4.79 Å². The van der Waals surface area contributed by atoms with E-state index in [2.05, 4.69) is 5.32 Å². The summed E-state index contributed by atoms with van der Waals surface area (Å²) in [5.41, 5.74) is 2.20. The Kier molecular flexibility index (Phi) is 5.63. The number of benzene rings is 2. The lowest BCUT2D eigenvalue weighted by atomic mass is 10.1. The molecule has 1 N–H and O–H groups in total. The lowest BCUT2D eigenvalue weighted by Gasteiger charge is -2.11. The van der Waals surface area contributed by atoms with Gasteiger partial charge in [-0.2, -0.15) is 0 Å². The topological polar surface area (TPSA) is 29.1 Å². The van der Waals surface area contributed by atoms with Gasteiger partial charge in [-0.15, -0.1) is 11.6 Å². The van der Waals surface area contributed by atoms with Crippen molar-refractivity contribution in [2.75, 3.05) is 6.54 Å². The van der Waals surface area contributed by atoms with Crippen LogP contribution in [0.15, 0.2) is 60.7 Å². The molecule has 0 aromatic heterocycles. The van der Waals surface area contributed by atoms with Crippen LogP contribution in [0.5, 0.6) is 0 Å². The summed E-state index contributed by atoms with van der Waals surface area (Å²) in [6.45, 7) is 0.458. The van der Waals surface area contributed by atoms with E-state index in [0.717, 1.165) is 12.0 Å². The third kappa shape index (κ3) is 4.71. The molecule has 2 nitrogen and oxygen atoms in total. The number of carbonyl (C=O) groups excluding carboxylic acids is 1. The van der Waals surface area contributed by atoms with Gasteiger partial charge in [0.25, 0.3) is 0 Å². The highest BCUT2D eigenvalue weighted by Crippen LogP contribution is 2.18. The molecular formula is C17H18ClNO. The highest BCUT2D eigenvalue weighted by atomic mass is 35.5. The van der Waals surface area contributed by atoms with Crippen molar-refractivity contribution < 1.29 is 4.79 Å². The average Bonchev–Trinajstić information content (AvgIpc) is 2.52. The SMILES string of the molecule is O=C(CCc1ccccc1)NCC(Cl)c1ccccc1. The summed E-state index contributed by atoms with van der Waals surface area (Å²) in [7, 11) is 0. The molecule has 1 atom stereocenters. The van der Waals surface area contributed by atoms with Gasteiger partial charge in [-0.3, -0.25) is 4.79 Å². The van der Waals surface area contributed by atoms with Crippen molar-refractivity contribution >= 4 is 17.5 Å². The number of amides is 1. The maximum Gasteiger partial charge on any atom is 0.220 e. The lowest BCUT2D eigenvalue weighted by molar-refractivity contribution is -0.121. The number of rotatable bonds is 6. The Hall–Kier alpha value is -1.80. The van der Waals surface area contributed by atoms with E-state index in [1.165, 1.54) is 5.56 Å². The molecule has 0 aliphatic carbocycles. The molecule has 1 amide bonds. The Morgan fingerprint density at radius 3 is 2.25 bits per heavy atom. The first kappa shape index (κ1) is 14.6. The fourth-order valence-electron chi connectivity index (χ4n) is 1.97. The highest BCUT2D eigenvalue weighted by Gasteiger charge is 2.09. The molecule has 0 saturated carbocycles. The summed E-state index contributed by atoms with van der Waals surface area (Å²) < 4.78 is 0. The number of nitrogens with one attached hydrogen (secondary N) is 1. The molecule has 2 rings (SSSR count). The second-order valence-corrected chi connectivity index (χ2v) is 5.19. The predicted octanol–water partition coefficient (Wildman–Crippen LogP) is 3.72. The van der Waals surface area contributed by atoms with Crippen molar-refractivity contribution in [1.29, 1.82) is 0 Å². The van der Waals surface area contributed by atoms with Crippen molar-refractivity contribution in [2.24, 2.45) is 0 Å². The number of hydrogen-bond donors (Lipinski definition) is 1. The van der Waals surface area contributed by atoms with Crippen LogP contribution in [0.4, 0.5) is 0 Å². The summed E-state index contributed by atoms with van der Waals surface area (Å²) >= 11 is 6.25. The number of alkyl halides is 1. The fraction of sp³-hybridized carbons (Fsp3) is 0.235. The summed E-state index contributed by atoms with van der Waals surface area (Å²) in [5, 5.41) is 2.70. The predicted molar refractivity (Wildman–Crippen MR) is 82.8 cm³/mol. The summed E-state index contributed by atoms with van der Waals surface area (Å²) in [4.78, 5) is 11.8. The van der Waals surface area contributed by atoms with Gasteiger partial charge in [-0.25, -0.2) is 0 Å². The smallest absolute Gasteiger partial charge is 0.220 e. The van der Waals surface area contributed by atoms with Gasteiger partial charge < -0.3 is 5.32 Å². The standard InChI is InChI=1S/C17H18ClNO/c18-16(15-9-5-2-6-10-15)13-19-17(20)12-11-14-7-3-1-4-8-14/h1-10,16H,11-13H2,(H,19,20). The Labute approximate surface area is 124 Å². The van der Waals surface area contributed by atoms with E-state index in [1.54, 1.807) is 0 Å². The van der Waals surface area contributed by atoms with E-state index in [0.29, 0.717) is 13.0 Å². The van der Waals surface area contributed by atoms with Crippen LogP contribution in [-0.4, -0.2) is 12.5 Å². The first-order valence-corrected chi connectivity index (χ1v) is 7.19. The molecule has 0 spiro atoms. The first-order valence-electron chi connectivity index (χ1n) is 6.75. The zero-order chi connectivity index (χ0) is 14.2.